The fraction of sp³-hybridized carbons (Fsp3) is 0.133. The minimum absolute atomic E-state index is 0.0183. The maximum atomic E-state index is 12.4. The quantitative estimate of drug-likeness (QED) is 0.714. The lowest BCUT2D eigenvalue weighted by Gasteiger charge is -2.07. The number of methoxy groups -OCH3 is 1. The van der Waals surface area contributed by atoms with Gasteiger partial charge in [-0.1, -0.05) is 31.9 Å². The molecule has 0 saturated carbocycles. The zero-order valence-electron chi connectivity index (χ0n) is 10.5. The van der Waals surface area contributed by atoms with E-state index in [4.69, 9.17) is 4.74 Å². The Morgan fingerprint density at radius 3 is 2.26 bits per heavy atom. The van der Waals surface area contributed by atoms with Gasteiger partial charge >= 0.3 is 0 Å². The van der Waals surface area contributed by atoms with Gasteiger partial charge in [0, 0.05) is 20.1 Å². The largest absolute Gasteiger partial charge is 0.497 e. The monoisotopic (exact) mass is 382 g/mol. The van der Waals surface area contributed by atoms with Crippen LogP contribution < -0.4 is 4.74 Å². The minimum Gasteiger partial charge on any atom is -0.497 e. The molecule has 0 bridgehead atoms. The summed E-state index contributed by atoms with van der Waals surface area (Å²) in [6, 6.07) is 10.9. The first-order valence-electron chi connectivity index (χ1n) is 5.67. The van der Waals surface area contributed by atoms with Gasteiger partial charge in [-0.3, -0.25) is 4.79 Å². The second-order valence-corrected chi connectivity index (χ2v) is 5.85. The molecule has 2 aromatic rings. The van der Waals surface area contributed by atoms with Gasteiger partial charge in [0.2, 0.25) is 0 Å². The van der Waals surface area contributed by atoms with Gasteiger partial charge in [-0.2, -0.15) is 0 Å². The lowest BCUT2D eigenvalue weighted by Crippen LogP contribution is -2.03. The molecule has 4 heteroatoms. The van der Waals surface area contributed by atoms with Gasteiger partial charge in [-0.15, -0.1) is 0 Å². The van der Waals surface area contributed by atoms with Crippen LogP contribution in [-0.4, -0.2) is 12.9 Å². The Morgan fingerprint density at radius 2 is 1.68 bits per heavy atom. The van der Waals surface area contributed by atoms with Crippen LogP contribution in [0.1, 0.15) is 21.5 Å². The normalized spacial score (nSPS) is 10.3. The van der Waals surface area contributed by atoms with Crippen molar-refractivity contribution in [3.8, 4) is 5.75 Å². The molecule has 0 radical (unpaired) electrons. The Balaban J connectivity index is 2.40. The van der Waals surface area contributed by atoms with Crippen molar-refractivity contribution in [2.45, 2.75) is 6.92 Å². The van der Waals surface area contributed by atoms with E-state index in [1.54, 1.807) is 31.4 Å². The van der Waals surface area contributed by atoms with Crippen molar-refractivity contribution in [2.75, 3.05) is 7.11 Å². The van der Waals surface area contributed by atoms with Crippen LogP contribution in [0.25, 0.3) is 0 Å². The van der Waals surface area contributed by atoms with Crippen LogP contribution in [0.3, 0.4) is 0 Å². The highest BCUT2D eigenvalue weighted by atomic mass is 79.9. The third-order valence-electron chi connectivity index (χ3n) is 2.85. The highest BCUT2D eigenvalue weighted by Gasteiger charge is 2.14. The molecular weight excluding hydrogens is 372 g/mol. The summed E-state index contributed by atoms with van der Waals surface area (Å²) in [6.07, 6.45) is 0. The first kappa shape index (κ1) is 14.3. The zero-order valence-corrected chi connectivity index (χ0v) is 13.7. The standard InChI is InChI=1S/C15H12Br2O2/c1-9-7-14(17)12(8-13(9)16)15(18)10-3-5-11(19-2)6-4-10/h3-8H,1-2H3. The highest BCUT2D eigenvalue weighted by Crippen LogP contribution is 2.27. The van der Waals surface area contributed by atoms with Crippen LogP contribution in [0.4, 0.5) is 0 Å². The lowest BCUT2D eigenvalue weighted by molar-refractivity contribution is 0.103. The molecule has 0 atom stereocenters. The number of carbonyl (C=O) groups is 1. The van der Waals surface area contributed by atoms with Crippen molar-refractivity contribution in [1.82, 2.24) is 0 Å². The maximum Gasteiger partial charge on any atom is 0.194 e. The van der Waals surface area contributed by atoms with E-state index < -0.39 is 0 Å². The molecule has 0 aliphatic rings. The van der Waals surface area contributed by atoms with E-state index in [0.717, 1.165) is 20.3 Å². The Hall–Kier alpha value is -1.13. The topological polar surface area (TPSA) is 26.3 Å². The number of carbonyl (C=O) groups excluding carboxylic acids is 1. The van der Waals surface area contributed by atoms with Gasteiger partial charge < -0.3 is 4.74 Å². The van der Waals surface area contributed by atoms with E-state index in [-0.39, 0.29) is 5.78 Å². The third kappa shape index (κ3) is 3.07. The van der Waals surface area contributed by atoms with Gasteiger partial charge in [0.05, 0.1) is 7.11 Å². The number of hydrogen-bond acceptors (Lipinski definition) is 2. The van der Waals surface area contributed by atoms with Crippen LogP contribution in [0, 0.1) is 6.92 Å². The number of halogens is 2. The molecule has 0 amide bonds. The Morgan fingerprint density at radius 1 is 1.05 bits per heavy atom. The molecule has 0 saturated heterocycles. The number of aryl methyl sites for hydroxylation is 1. The fourth-order valence-electron chi connectivity index (χ4n) is 1.72. The smallest absolute Gasteiger partial charge is 0.194 e. The molecule has 2 aromatic carbocycles. The number of rotatable bonds is 3. The van der Waals surface area contributed by atoms with E-state index in [1.165, 1.54) is 0 Å². The summed E-state index contributed by atoms with van der Waals surface area (Å²) in [6.45, 7) is 1.98. The average Bonchev–Trinajstić information content (AvgIpc) is 2.42. The number of hydrogen-bond donors (Lipinski definition) is 0. The van der Waals surface area contributed by atoms with Gasteiger partial charge in [0.15, 0.2) is 5.78 Å². The molecule has 0 fully saturated rings. The summed E-state index contributed by atoms with van der Waals surface area (Å²) in [7, 11) is 1.60. The third-order valence-corrected chi connectivity index (χ3v) is 4.36. The average molecular weight is 384 g/mol. The van der Waals surface area contributed by atoms with E-state index >= 15 is 0 Å². The molecule has 0 heterocycles. The van der Waals surface area contributed by atoms with Crippen LogP contribution in [0.2, 0.25) is 0 Å². The van der Waals surface area contributed by atoms with Crippen molar-refractivity contribution in [2.24, 2.45) is 0 Å². The first-order chi connectivity index (χ1) is 9.02. The fourth-order valence-corrected chi connectivity index (χ4v) is 2.70. The van der Waals surface area contributed by atoms with Crippen LogP contribution >= 0.6 is 31.9 Å². The summed E-state index contributed by atoms with van der Waals surface area (Å²) in [4.78, 5) is 12.4. The minimum atomic E-state index is -0.0183. The van der Waals surface area contributed by atoms with Crippen molar-refractivity contribution in [3.05, 3.63) is 62.0 Å². The van der Waals surface area contributed by atoms with Gasteiger partial charge in [-0.05, 0) is 48.9 Å². The van der Waals surface area contributed by atoms with Crippen LogP contribution in [-0.2, 0) is 0 Å². The van der Waals surface area contributed by atoms with Crippen molar-refractivity contribution >= 4 is 37.6 Å². The first-order valence-corrected chi connectivity index (χ1v) is 7.26. The molecule has 19 heavy (non-hydrogen) atoms. The summed E-state index contributed by atoms with van der Waals surface area (Å²) in [5, 5.41) is 0. The van der Waals surface area contributed by atoms with E-state index in [1.807, 2.05) is 19.1 Å². The molecule has 0 unspecified atom stereocenters. The van der Waals surface area contributed by atoms with Gasteiger partial charge in [-0.25, -0.2) is 0 Å². The molecule has 0 aromatic heterocycles. The molecule has 2 nitrogen and oxygen atoms in total. The number of benzene rings is 2. The molecule has 0 N–H and O–H groups in total. The molecule has 2 rings (SSSR count). The summed E-state index contributed by atoms with van der Waals surface area (Å²) in [5.74, 6) is 0.718. The predicted octanol–water partition coefficient (Wildman–Crippen LogP) is 4.76. The summed E-state index contributed by atoms with van der Waals surface area (Å²) >= 11 is 6.89. The molecular formula is C15H12Br2O2. The van der Waals surface area contributed by atoms with E-state index in [2.05, 4.69) is 31.9 Å². The van der Waals surface area contributed by atoms with Gasteiger partial charge in [0.1, 0.15) is 5.75 Å². The molecule has 98 valence electrons. The van der Waals surface area contributed by atoms with Crippen molar-refractivity contribution in [1.29, 1.82) is 0 Å². The Labute approximate surface area is 129 Å². The summed E-state index contributed by atoms with van der Waals surface area (Å²) < 4.78 is 6.81. The highest BCUT2D eigenvalue weighted by molar-refractivity contribution is 9.11. The molecule has 0 spiro atoms. The van der Waals surface area contributed by atoms with Crippen LogP contribution in [0.15, 0.2) is 45.3 Å². The number of ketones is 1. The maximum absolute atomic E-state index is 12.4. The molecule has 0 aliphatic heterocycles. The van der Waals surface area contributed by atoms with Crippen LogP contribution in [0.5, 0.6) is 5.75 Å². The Bertz CT molecular complexity index is 619. The van der Waals surface area contributed by atoms with Crippen molar-refractivity contribution in [3.63, 3.8) is 0 Å². The van der Waals surface area contributed by atoms with E-state index in [0.29, 0.717) is 11.1 Å². The predicted molar refractivity (Wildman–Crippen MR) is 83.0 cm³/mol. The molecule has 0 aliphatic carbocycles. The zero-order chi connectivity index (χ0) is 14.0. The number of ether oxygens (including phenoxy) is 1. The lowest BCUT2D eigenvalue weighted by atomic mass is 10.0. The summed E-state index contributed by atoms with van der Waals surface area (Å²) in [5.41, 5.74) is 2.36. The SMILES string of the molecule is COc1ccc(C(=O)c2cc(Br)c(C)cc2Br)cc1. The second kappa shape index (κ2) is 5.88. The second-order valence-electron chi connectivity index (χ2n) is 4.14. The van der Waals surface area contributed by atoms with E-state index in [9.17, 15) is 4.79 Å². The van der Waals surface area contributed by atoms with Gasteiger partial charge in [0.25, 0.3) is 0 Å². The van der Waals surface area contributed by atoms with Crippen molar-refractivity contribution < 1.29 is 9.53 Å². The Kier molecular flexibility index (Phi) is 4.42.